The van der Waals surface area contributed by atoms with E-state index in [9.17, 15) is 4.57 Å². The van der Waals surface area contributed by atoms with E-state index in [2.05, 4.69) is 0 Å². The number of thioether (sulfide) groups is 1. The van der Waals surface area contributed by atoms with Crippen molar-refractivity contribution in [2.45, 2.75) is 4.90 Å². The van der Waals surface area contributed by atoms with E-state index in [0.29, 0.717) is 0 Å². The monoisotopic (exact) mass is 322 g/mol. The van der Waals surface area contributed by atoms with Crippen LogP contribution in [-0.4, -0.2) is 13.3 Å². The molecule has 20 heavy (non-hydrogen) atoms. The Morgan fingerprint density at radius 2 is 1.65 bits per heavy atom. The molecule has 0 aromatic heterocycles. The molecule has 0 unspecified atom stereocenters. The third kappa shape index (κ3) is 4.28. The highest BCUT2D eigenvalue weighted by atomic mass is 35.5. The van der Waals surface area contributed by atoms with Gasteiger partial charge >= 0.3 is 0 Å². The number of benzene rings is 2. The van der Waals surface area contributed by atoms with Crippen molar-refractivity contribution >= 4 is 35.8 Å². The van der Waals surface area contributed by atoms with Crippen LogP contribution < -0.4 is 0 Å². The minimum Gasteiger partial charge on any atom is -0.319 e. The van der Waals surface area contributed by atoms with E-state index in [0.717, 1.165) is 20.8 Å². The second kappa shape index (κ2) is 6.67. The molecule has 2 rings (SSSR count). The zero-order valence-electron chi connectivity index (χ0n) is 11.4. The van der Waals surface area contributed by atoms with Gasteiger partial charge < -0.3 is 4.57 Å². The molecule has 0 fully saturated rings. The van der Waals surface area contributed by atoms with E-state index in [-0.39, 0.29) is 0 Å². The molecule has 0 N–H and O–H groups in total. The minimum absolute atomic E-state index is 0.721. The average molecular weight is 323 g/mol. The van der Waals surface area contributed by atoms with Crippen LogP contribution >= 0.6 is 30.5 Å². The third-order valence-electron chi connectivity index (χ3n) is 2.77. The molecule has 4 heteroatoms. The average Bonchev–Trinajstić information content (AvgIpc) is 2.41. The first-order chi connectivity index (χ1) is 9.47. The van der Waals surface area contributed by atoms with Gasteiger partial charge in [0.25, 0.3) is 0 Å². The van der Waals surface area contributed by atoms with Crippen molar-refractivity contribution < 1.29 is 4.57 Å². The van der Waals surface area contributed by atoms with Gasteiger partial charge in [-0.1, -0.05) is 53.7 Å². The van der Waals surface area contributed by atoms with Gasteiger partial charge in [-0.05, 0) is 48.6 Å². The summed E-state index contributed by atoms with van der Waals surface area (Å²) in [6, 6.07) is 17.5. The first kappa shape index (κ1) is 15.4. The zero-order chi connectivity index (χ0) is 14.6. The number of hydrogen-bond acceptors (Lipinski definition) is 2. The molecule has 0 bridgehead atoms. The molecular formula is C16H16ClOPS. The van der Waals surface area contributed by atoms with Crippen molar-refractivity contribution in [3.63, 3.8) is 0 Å². The Balaban J connectivity index is 2.31. The van der Waals surface area contributed by atoms with Crippen molar-refractivity contribution in [2.75, 3.05) is 13.3 Å². The second-order valence-corrected chi connectivity index (χ2v) is 9.35. The highest BCUT2D eigenvalue weighted by Crippen LogP contribution is 2.53. The van der Waals surface area contributed by atoms with Crippen LogP contribution in [0.3, 0.4) is 0 Å². The van der Waals surface area contributed by atoms with Gasteiger partial charge in [-0.15, -0.1) is 0 Å². The van der Waals surface area contributed by atoms with Crippen molar-refractivity contribution in [3.8, 4) is 0 Å². The smallest absolute Gasteiger partial charge is 0.110 e. The van der Waals surface area contributed by atoms with Gasteiger partial charge in [0.15, 0.2) is 0 Å². The first-order valence-electron chi connectivity index (χ1n) is 6.20. The molecule has 1 nitrogen and oxygen atoms in total. The lowest BCUT2D eigenvalue weighted by Gasteiger charge is -2.12. The Hall–Kier alpha value is -0.950. The Morgan fingerprint density at radius 1 is 1.05 bits per heavy atom. The van der Waals surface area contributed by atoms with Gasteiger partial charge in [0, 0.05) is 15.2 Å². The summed E-state index contributed by atoms with van der Waals surface area (Å²) in [4.78, 5) is 1.08. The van der Waals surface area contributed by atoms with E-state index in [1.54, 1.807) is 25.1 Å². The molecule has 0 spiro atoms. The fraction of sp³-hybridized carbons (Fsp3) is 0.125. The number of hydrogen-bond donors (Lipinski definition) is 0. The van der Waals surface area contributed by atoms with Crippen molar-refractivity contribution in [3.05, 3.63) is 70.6 Å². The predicted molar refractivity (Wildman–Crippen MR) is 91.2 cm³/mol. The molecule has 0 radical (unpaired) electrons. The van der Waals surface area contributed by atoms with Crippen LogP contribution in [-0.2, 0) is 4.57 Å². The van der Waals surface area contributed by atoms with E-state index in [1.165, 1.54) is 0 Å². The molecule has 0 atom stereocenters. The molecule has 0 aliphatic carbocycles. The largest absolute Gasteiger partial charge is 0.319 e. The summed E-state index contributed by atoms with van der Waals surface area (Å²) in [5.74, 6) is 0. The normalized spacial score (nSPS) is 12.4. The van der Waals surface area contributed by atoms with Crippen LogP contribution in [0.4, 0.5) is 0 Å². The summed E-state index contributed by atoms with van der Waals surface area (Å²) in [5, 5.41) is 3.61. The second-order valence-electron chi connectivity index (χ2n) is 4.79. The van der Waals surface area contributed by atoms with Crippen LogP contribution in [0.15, 0.2) is 64.9 Å². The zero-order valence-corrected chi connectivity index (χ0v) is 13.9. The van der Waals surface area contributed by atoms with Crippen LogP contribution in [0, 0.1) is 0 Å². The lowest BCUT2D eigenvalue weighted by Crippen LogP contribution is -1.84. The predicted octanol–water partition coefficient (Wildman–Crippen LogP) is 6.05. The molecule has 0 aliphatic heterocycles. The third-order valence-corrected chi connectivity index (χ3v) is 5.64. The van der Waals surface area contributed by atoms with Gasteiger partial charge in [0.05, 0.1) is 0 Å². The highest BCUT2D eigenvalue weighted by molar-refractivity contribution is 8.02. The van der Waals surface area contributed by atoms with Gasteiger partial charge in [-0.25, -0.2) is 0 Å². The van der Waals surface area contributed by atoms with E-state index in [1.807, 2.05) is 60.0 Å². The fourth-order valence-corrected chi connectivity index (χ4v) is 4.50. The van der Waals surface area contributed by atoms with Crippen molar-refractivity contribution in [2.24, 2.45) is 0 Å². The topological polar surface area (TPSA) is 17.1 Å². The van der Waals surface area contributed by atoms with Crippen LogP contribution in [0.25, 0.3) is 5.31 Å². The molecule has 0 amide bonds. The SMILES string of the molecule is CP(C)(=O)/C(=C/Sc1ccc(Cl)cc1)c1ccccc1. The summed E-state index contributed by atoms with van der Waals surface area (Å²) in [6.07, 6.45) is 0. The molecule has 2 aromatic rings. The standard InChI is InChI=1S/C16H16ClOPS/c1-19(2,18)16(13-6-4-3-5-7-13)12-20-15-10-8-14(17)9-11-15/h3-12H,1-2H3/b16-12+. The van der Waals surface area contributed by atoms with E-state index >= 15 is 0 Å². The summed E-state index contributed by atoms with van der Waals surface area (Å²) in [5.41, 5.74) is 1.02. The van der Waals surface area contributed by atoms with Crippen LogP contribution in [0.1, 0.15) is 5.56 Å². The minimum atomic E-state index is -2.33. The maximum absolute atomic E-state index is 12.5. The first-order valence-corrected chi connectivity index (χ1v) is 10.1. The highest BCUT2D eigenvalue weighted by Gasteiger charge is 2.16. The van der Waals surface area contributed by atoms with E-state index < -0.39 is 7.14 Å². The number of halogens is 1. The van der Waals surface area contributed by atoms with Gasteiger partial charge in [-0.2, -0.15) is 0 Å². The molecule has 0 heterocycles. The maximum atomic E-state index is 12.5. The molecule has 0 aliphatic rings. The summed E-state index contributed by atoms with van der Waals surface area (Å²) in [7, 11) is -2.33. The van der Waals surface area contributed by atoms with Gasteiger partial charge in [0.1, 0.15) is 7.14 Å². The lowest BCUT2D eigenvalue weighted by molar-refractivity contribution is 0.589. The van der Waals surface area contributed by atoms with Crippen molar-refractivity contribution in [1.29, 1.82) is 0 Å². The van der Waals surface area contributed by atoms with Crippen molar-refractivity contribution in [1.82, 2.24) is 0 Å². The quantitative estimate of drug-likeness (QED) is 0.503. The van der Waals surface area contributed by atoms with Gasteiger partial charge in [-0.3, -0.25) is 0 Å². The molecular weight excluding hydrogens is 307 g/mol. The molecule has 2 aromatic carbocycles. The van der Waals surface area contributed by atoms with Crippen LogP contribution in [0.5, 0.6) is 0 Å². The fourth-order valence-electron chi connectivity index (χ4n) is 1.75. The summed E-state index contributed by atoms with van der Waals surface area (Å²) in [6.45, 7) is 3.60. The Kier molecular flexibility index (Phi) is 5.15. The van der Waals surface area contributed by atoms with Gasteiger partial charge in [0.2, 0.25) is 0 Å². The number of rotatable bonds is 4. The summed E-state index contributed by atoms with van der Waals surface area (Å²) < 4.78 is 12.5. The van der Waals surface area contributed by atoms with E-state index in [4.69, 9.17) is 11.6 Å². The maximum Gasteiger partial charge on any atom is 0.110 e. The Morgan fingerprint density at radius 3 is 2.20 bits per heavy atom. The molecule has 0 saturated carbocycles. The Bertz CT molecular complexity index is 644. The Labute approximate surface area is 129 Å². The molecule has 0 saturated heterocycles. The lowest BCUT2D eigenvalue weighted by atomic mass is 10.2. The van der Waals surface area contributed by atoms with Crippen LogP contribution in [0.2, 0.25) is 5.02 Å². The molecule has 104 valence electrons. The summed E-state index contributed by atoms with van der Waals surface area (Å²) >= 11 is 7.44.